The van der Waals surface area contributed by atoms with Crippen molar-refractivity contribution in [2.75, 3.05) is 22.0 Å². The number of amides is 2. The van der Waals surface area contributed by atoms with Gasteiger partial charge in [0.05, 0.1) is 46.7 Å². The molecule has 2 amide bonds. The Morgan fingerprint density at radius 3 is 1.58 bits per heavy atom. The molecule has 0 spiro atoms. The second-order valence-electron chi connectivity index (χ2n) is 19.0. The molecule has 6 rings (SSSR count). The maximum absolute atomic E-state index is 16.1. The SMILES string of the molecule is Cc1cc([C@@H](C)NC(=O)C2(C3(C(=O)N[C@H](C)c4ccc(NS(C)(=O)=O)cc4)CC3(C)c3cc(F)c(C(C)(C)C)c(F)c3)CC2(C)c2ccc(C(F)(F)F)c(F)c2)c(F)cc1NS(C)(=O)=O. The van der Waals surface area contributed by atoms with E-state index < -0.39 is 106 Å². The van der Waals surface area contributed by atoms with Crippen LogP contribution < -0.4 is 20.1 Å². The molecule has 2 aliphatic rings. The van der Waals surface area contributed by atoms with Crippen LogP contribution in [0.15, 0.2) is 66.7 Å². The van der Waals surface area contributed by atoms with Gasteiger partial charge in [0.2, 0.25) is 31.9 Å². The first kappa shape index (κ1) is 49.3. The van der Waals surface area contributed by atoms with Crippen LogP contribution in [0.1, 0.15) is 112 Å². The van der Waals surface area contributed by atoms with E-state index in [1.54, 1.807) is 27.7 Å². The number of aryl methyl sites for hydroxylation is 1. The van der Waals surface area contributed by atoms with Crippen molar-refractivity contribution in [3.8, 4) is 0 Å². The number of alkyl halides is 3. The molecule has 2 saturated carbocycles. The van der Waals surface area contributed by atoms with E-state index in [2.05, 4.69) is 20.1 Å². The first-order valence-electron chi connectivity index (χ1n) is 20.5. The maximum atomic E-state index is 16.1. The molecule has 4 aromatic carbocycles. The molecule has 0 aliphatic heterocycles. The van der Waals surface area contributed by atoms with Crippen LogP contribution in [0.4, 0.5) is 42.1 Å². The van der Waals surface area contributed by atoms with E-state index in [9.17, 15) is 30.0 Å². The summed E-state index contributed by atoms with van der Waals surface area (Å²) in [5.41, 5.74) is -9.35. The average molecular weight is 953 g/mol. The monoisotopic (exact) mass is 952 g/mol. The van der Waals surface area contributed by atoms with Gasteiger partial charge in [-0.1, -0.05) is 52.8 Å². The number of sulfonamides is 2. The lowest BCUT2D eigenvalue weighted by Crippen LogP contribution is -2.52. The van der Waals surface area contributed by atoms with Crippen LogP contribution in [0.3, 0.4) is 0 Å². The lowest BCUT2D eigenvalue weighted by atomic mass is 9.69. The van der Waals surface area contributed by atoms with Crippen LogP contribution in [0.5, 0.6) is 0 Å². The number of carbonyl (C=O) groups is 2. The number of benzene rings is 4. The van der Waals surface area contributed by atoms with Gasteiger partial charge in [0.1, 0.15) is 23.3 Å². The van der Waals surface area contributed by atoms with Gasteiger partial charge in [0.25, 0.3) is 0 Å². The van der Waals surface area contributed by atoms with Crippen molar-refractivity contribution in [2.45, 2.75) is 103 Å². The minimum absolute atomic E-state index is 0.0109. The van der Waals surface area contributed by atoms with E-state index >= 15 is 27.2 Å². The summed E-state index contributed by atoms with van der Waals surface area (Å²) in [5, 5.41) is 5.72. The van der Waals surface area contributed by atoms with Gasteiger partial charge >= 0.3 is 6.18 Å². The van der Waals surface area contributed by atoms with Crippen molar-refractivity contribution in [3.05, 3.63) is 129 Å². The van der Waals surface area contributed by atoms with Gasteiger partial charge in [-0.3, -0.25) is 19.0 Å². The zero-order chi connectivity index (χ0) is 48.8. The van der Waals surface area contributed by atoms with Crippen molar-refractivity contribution in [2.24, 2.45) is 10.8 Å². The molecule has 2 fully saturated rings. The van der Waals surface area contributed by atoms with Gasteiger partial charge in [0, 0.05) is 27.6 Å². The molecule has 4 N–H and O–H groups in total. The molecule has 6 atom stereocenters. The highest BCUT2D eigenvalue weighted by atomic mass is 32.2. The Morgan fingerprint density at radius 2 is 1.12 bits per heavy atom. The molecule has 4 unspecified atom stereocenters. The lowest BCUT2D eigenvalue weighted by molar-refractivity contribution is -0.141. The summed E-state index contributed by atoms with van der Waals surface area (Å²) >= 11 is 0. The van der Waals surface area contributed by atoms with Crippen molar-refractivity contribution >= 4 is 43.2 Å². The van der Waals surface area contributed by atoms with Gasteiger partial charge in [-0.05, 0) is 110 Å². The molecule has 65 heavy (non-hydrogen) atoms. The van der Waals surface area contributed by atoms with Gasteiger partial charge in [-0.25, -0.2) is 34.4 Å². The molecule has 19 heteroatoms. The van der Waals surface area contributed by atoms with Crippen LogP contribution >= 0.6 is 0 Å². The third-order valence-corrected chi connectivity index (χ3v) is 14.4. The first-order valence-corrected chi connectivity index (χ1v) is 24.2. The normalized spacial score (nSPS) is 24.1. The fourth-order valence-electron chi connectivity index (χ4n) is 9.86. The Kier molecular flexibility index (Phi) is 12.1. The Balaban J connectivity index is 1.54. The van der Waals surface area contributed by atoms with E-state index in [0.29, 0.717) is 17.7 Å². The van der Waals surface area contributed by atoms with Crippen LogP contribution in [0.2, 0.25) is 0 Å². The lowest BCUT2D eigenvalue weighted by Gasteiger charge is -2.36. The number of halogens is 7. The molecule has 0 bridgehead atoms. The molecule has 0 aromatic heterocycles. The minimum atomic E-state index is -5.08. The fraction of sp³-hybridized carbons (Fsp3) is 0.435. The highest BCUT2D eigenvalue weighted by molar-refractivity contribution is 7.92. The van der Waals surface area contributed by atoms with Crippen molar-refractivity contribution in [1.29, 1.82) is 0 Å². The van der Waals surface area contributed by atoms with Gasteiger partial charge in [0.15, 0.2) is 0 Å². The molecule has 10 nitrogen and oxygen atoms in total. The van der Waals surface area contributed by atoms with Crippen molar-refractivity contribution in [3.63, 3.8) is 0 Å². The van der Waals surface area contributed by atoms with Crippen molar-refractivity contribution in [1.82, 2.24) is 10.6 Å². The Hall–Kier alpha value is -5.17. The smallest absolute Gasteiger partial charge is 0.349 e. The Labute approximate surface area is 374 Å². The van der Waals surface area contributed by atoms with Crippen LogP contribution in [0, 0.1) is 41.0 Å². The number of nitrogens with one attached hydrogen (secondary N) is 4. The standard InChI is InChI=1S/C46H51F7N4O6S2/c1-24-17-31(33(47)21-37(24)57-65(10,62)63)26(3)55-40(59)44(22-42(44,7)28-13-16-32(34(48)18-28)46(51,52)53)45(23-43(45,8)29-19-35(49)38(36(50)20-29)41(4,5)6)39(58)54-25(2)27-11-14-30(15-12-27)56-64(9,60)61/h11-21,25-26,56-57H,22-23H2,1-10H3,(H,54,58)(H,55,59)/t25-,26-,42?,43?,44?,45?/m1/s1. The van der Waals surface area contributed by atoms with E-state index in [0.717, 1.165) is 36.8 Å². The fourth-order valence-corrected chi connectivity index (χ4v) is 11.0. The summed E-state index contributed by atoms with van der Waals surface area (Å²) in [6.07, 6.45) is -3.77. The highest BCUT2D eigenvalue weighted by Crippen LogP contribution is 2.85. The summed E-state index contributed by atoms with van der Waals surface area (Å²) in [5.74, 6) is -6.14. The predicted octanol–water partition coefficient (Wildman–Crippen LogP) is 9.36. The number of hydrogen-bond acceptors (Lipinski definition) is 6. The van der Waals surface area contributed by atoms with Gasteiger partial charge in [-0.2, -0.15) is 13.2 Å². The summed E-state index contributed by atoms with van der Waals surface area (Å²) in [6, 6.07) is 10.5. The first-order chi connectivity index (χ1) is 29.6. The van der Waals surface area contributed by atoms with Crippen LogP contribution in [0.25, 0.3) is 0 Å². The summed E-state index contributed by atoms with van der Waals surface area (Å²) in [4.78, 5) is 30.8. The molecule has 352 valence electrons. The van der Waals surface area contributed by atoms with Crippen LogP contribution in [-0.2, 0) is 52.1 Å². The number of rotatable bonds is 13. The van der Waals surface area contributed by atoms with E-state index in [1.807, 2.05) is 0 Å². The topological polar surface area (TPSA) is 151 Å². The number of anilines is 2. The third kappa shape index (κ3) is 8.81. The Morgan fingerprint density at radius 1 is 0.646 bits per heavy atom. The van der Waals surface area contributed by atoms with E-state index in [-0.39, 0.29) is 52.0 Å². The maximum Gasteiger partial charge on any atom is 0.419 e. The van der Waals surface area contributed by atoms with Gasteiger partial charge < -0.3 is 10.6 Å². The third-order valence-electron chi connectivity index (χ3n) is 13.2. The molecular weight excluding hydrogens is 902 g/mol. The predicted molar refractivity (Wildman–Crippen MR) is 233 cm³/mol. The largest absolute Gasteiger partial charge is 0.419 e. The molecule has 0 radical (unpaired) electrons. The highest BCUT2D eigenvalue weighted by Gasteiger charge is 2.90. The summed E-state index contributed by atoms with van der Waals surface area (Å²) < 4.78 is 157. The number of carbonyl (C=O) groups excluding carboxylic acids is 2. The molecule has 0 heterocycles. The number of hydrogen-bond donors (Lipinski definition) is 4. The Bertz CT molecular complexity index is 2810. The second-order valence-corrected chi connectivity index (χ2v) is 22.5. The zero-order valence-corrected chi connectivity index (χ0v) is 39.0. The molecule has 4 aromatic rings. The summed E-state index contributed by atoms with van der Waals surface area (Å²) in [7, 11) is -7.46. The van der Waals surface area contributed by atoms with Crippen LogP contribution in [-0.4, -0.2) is 41.2 Å². The quantitative estimate of drug-likeness (QED) is 0.0982. The molecule has 0 saturated heterocycles. The second kappa shape index (κ2) is 16.0. The van der Waals surface area contributed by atoms with E-state index in [1.165, 1.54) is 58.0 Å². The van der Waals surface area contributed by atoms with E-state index in [4.69, 9.17) is 0 Å². The molecule has 2 aliphatic carbocycles. The average Bonchev–Trinajstić information content (AvgIpc) is 4.01. The minimum Gasteiger partial charge on any atom is -0.349 e. The summed E-state index contributed by atoms with van der Waals surface area (Å²) in [6.45, 7) is 12.4. The zero-order valence-electron chi connectivity index (χ0n) is 37.3. The molecular formula is C46H51F7N4O6S2. The van der Waals surface area contributed by atoms with Gasteiger partial charge in [-0.15, -0.1) is 0 Å². The van der Waals surface area contributed by atoms with Crippen molar-refractivity contribution < 1.29 is 57.2 Å².